The number of carboxylic acid groups (broad SMARTS) is 1. The second-order valence-corrected chi connectivity index (χ2v) is 4.85. The van der Waals surface area contributed by atoms with E-state index in [1.165, 1.54) is 12.0 Å². The zero-order valence-corrected chi connectivity index (χ0v) is 12.3. The molecule has 8 heteroatoms. The van der Waals surface area contributed by atoms with Crippen LogP contribution in [0.1, 0.15) is 19.8 Å². The maximum atomic E-state index is 12.0. The number of esters is 1. The highest BCUT2D eigenvalue weighted by Gasteiger charge is 2.27. The van der Waals surface area contributed by atoms with Crippen LogP contribution in [-0.4, -0.2) is 67.4 Å². The maximum absolute atomic E-state index is 12.0. The molecule has 0 aliphatic carbocycles. The molecule has 8 nitrogen and oxygen atoms in total. The Kier molecular flexibility index (Phi) is 6.93. The Morgan fingerprint density at radius 1 is 1.48 bits per heavy atom. The molecular formula is C13H22N2O6. The summed E-state index contributed by atoms with van der Waals surface area (Å²) < 4.78 is 9.96. The number of carboxylic acids is 1. The lowest BCUT2D eigenvalue weighted by atomic mass is 10.1. The molecule has 0 aromatic carbocycles. The van der Waals surface area contributed by atoms with E-state index in [1.54, 1.807) is 6.92 Å². The van der Waals surface area contributed by atoms with Crippen LogP contribution in [0.2, 0.25) is 0 Å². The number of morpholine rings is 1. The van der Waals surface area contributed by atoms with Crippen LogP contribution >= 0.6 is 0 Å². The third-order valence-corrected chi connectivity index (χ3v) is 3.39. The molecule has 0 spiro atoms. The van der Waals surface area contributed by atoms with Crippen LogP contribution in [0.3, 0.4) is 0 Å². The number of aliphatic carboxylic acids is 1. The lowest BCUT2D eigenvalue weighted by Gasteiger charge is -2.32. The molecule has 0 aromatic rings. The van der Waals surface area contributed by atoms with Crippen LogP contribution in [0.15, 0.2) is 0 Å². The zero-order valence-electron chi connectivity index (χ0n) is 12.3. The molecule has 2 atom stereocenters. The fourth-order valence-electron chi connectivity index (χ4n) is 2.03. The first-order chi connectivity index (χ1) is 9.97. The molecule has 120 valence electrons. The normalized spacial score (nSPS) is 19.7. The van der Waals surface area contributed by atoms with Gasteiger partial charge in [-0.1, -0.05) is 6.92 Å². The molecule has 21 heavy (non-hydrogen) atoms. The molecule has 1 aliphatic heterocycles. The Hall–Kier alpha value is -1.83. The van der Waals surface area contributed by atoms with E-state index in [0.717, 1.165) is 0 Å². The topological polar surface area (TPSA) is 105 Å². The minimum absolute atomic E-state index is 0.0870. The number of rotatable bonds is 6. The Labute approximate surface area is 123 Å². The number of hydrogen-bond acceptors (Lipinski definition) is 5. The highest BCUT2D eigenvalue weighted by atomic mass is 16.5. The maximum Gasteiger partial charge on any atom is 0.317 e. The molecule has 0 radical (unpaired) electrons. The van der Waals surface area contributed by atoms with Gasteiger partial charge < -0.3 is 24.8 Å². The molecule has 2 unspecified atom stereocenters. The van der Waals surface area contributed by atoms with Crippen molar-refractivity contribution >= 4 is 18.0 Å². The monoisotopic (exact) mass is 302 g/mol. The van der Waals surface area contributed by atoms with Crippen molar-refractivity contribution in [1.29, 1.82) is 0 Å². The summed E-state index contributed by atoms with van der Waals surface area (Å²) in [5, 5.41) is 11.5. The van der Waals surface area contributed by atoms with E-state index in [1.807, 2.05) is 0 Å². The second-order valence-electron chi connectivity index (χ2n) is 4.85. The van der Waals surface area contributed by atoms with Crippen molar-refractivity contribution in [2.24, 2.45) is 5.92 Å². The number of urea groups is 1. The SMILES string of the molecule is CCC(CNC(=O)N1CCOC(CC(=O)OC)C1)C(=O)O. The van der Waals surface area contributed by atoms with E-state index < -0.39 is 18.0 Å². The Morgan fingerprint density at radius 2 is 2.19 bits per heavy atom. The first-order valence-electron chi connectivity index (χ1n) is 6.91. The predicted molar refractivity (Wildman–Crippen MR) is 72.8 cm³/mol. The van der Waals surface area contributed by atoms with Gasteiger partial charge in [-0.15, -0.1) is 0 Å². The van der Waals surface area contributed by atoms with Crippen LogP contribution in [0, 0.1) is 5.92 Å². The minimum atomic E-state index is -0.927. The highest BCUT2D eigenvalue weighted by Crippen LogP contribution is 2.10. The molecule has 0 bridgehead atoms. The van der Waals surface area contributed by atoms with Crippen molar-refractivity contribution in [2.45, 2.75) is 25.9 Å². The molecule has 1 fully saturated rings. The molecule has 1 rings (SSSR count). The van der Waals surface area contributed by atoms with E-state index in [-0.39, 0.29) is 31.5 Å². The fraction of sp³-hybridized carbons (Fsp3) is 0.769. The lowest BCUT2D eigenvalue weighted by molar-refractivity contribution is -0.145. The third-order valence-electron chi connectivity index (χ3n) is 3.39. The number of nitrogens with zero attached hydrogens (tertiary/aromatic N) is 1. The molecule has 1 heterocycles. The van der Waals surface area contributed by atoms with Gasteiger partial charge in [0.25, 0.3) is 0 Å². The summed E-state index contributed by atoms with van der Waals surface area (Å²) in [6.45, 7) is 2.87. The number of ether oxygens (including phenoxy) is 2. The van der Waals surface area contributed by atoms with Crippen LogP contribution in [0.4, 0.5) is 4.79 Å². The Bertz CT molecular complexity index is 387. The number of methoxy groups -OCH3 is 1. The third kappa shape index (κ3) is 5.58. The summed E-state index contributed by atoms with van der Waals surface area (Å²) in [5.41, 5.74) is 0. The average Bonchev–Trinajstić information content (AvgIpc) is 2.47. The summed E-state index contributed by atoms with van der Waals surface area (Å²) in [4.78, 5) is 35.6. The summed E-state index contributed by atoms with van der Waals surface area (Å²) in [5.74, 6) is -1.91. The van der Waals surface area contributed by atoms with Crippen LogP contribution in [-0.2, 0) is 19.1 Å². The van der Waals surface area contributed by atoms with E-state index in [0.29, 0.717) is 19.6 Å². The number of carbonyl (C=O) groups is 3. The second kappa shape index (κ2) is 8.46. The van der Waals surface area contributed by atoms with Crippen molar-refractivity contribution < 1.29 is 29.0 Å². The van der Waals surface area contributed by atoms with Crippen LogP contribution in [0.5, 0.6) is 0 Å². The number of nitrogens with one attached hydrogen (secondary N) is 1. The first-order valence-corrected chi connectivity index (χ1v) is 6.91. The standard InChI is InChI=1S/C13H22N2O6/c1-3-9(12(17)18)7-14-13(19)15-4-5-21-10(8-15)6-11(16)20-2/h9-10H,3-8H2,1-2H3,(H,14,19)(H,17,18). The van der Waals surface area contributed by atoms with Crippen molar-refractivity contribution in [3.8, 4) is 0 Å². The van der Waals surface area contributed by atoms with Gasteiger partial charge in [-0.3, -0.25) is 9.59 Å². The number of amides is 2. The molecule has 0 saturated carbocycles. The fourth-order valence-corrected chi connectivity index (χ4v) is 2.03. The molecule has 1 saturated heterocycles. The van der Waals surface area contributed by atoms with Gasteiger partial charge in [-0.25, -0.2) is 4.79 Å². The Morgan fingerprint density at radius 3 is 2.76 bits per heavy atom. The predicted octanol–water partition coefficient (Wildman–Crippen LogP) is 0.0707. The first kappa shape index (κ1) is 17.2. The van der Waals surface area contributed by atoms with Gasteiger partial charge in [-0.05, 0) is 6.42 Å². The van der Waals surface area contributed by atoms with Crippen molar-refractivity contribution in [1.82, 2.24) is 10.2 Å². The van der Waals surface area contributed by atoms with Gasteiger partial charge in [0, 0.05) is 19.6 Å². The highest BCUT2D eigenvalue weighted by molar-refractivity contribution is 5.76. The zero-order chi connectivity index (χ0) is 15.8. The molecule has 2 amide bonds. The van der Waals surface area contributed by atoms with Crippen LogP contribution in [0.25, 0.3) is 0 Å². The smallest absolute Gasteiger partial charge is 0.317 e. The summed E-state index contributed by atoms with van der Waals surface area (Å²) in [7, 11) is 1.30. The van der Waals surface area contributed by atoms with E-state index in [9.17, 15) is 14.4 Å². The summed E-state index contributed by atoms with van der Waals surface area (Å²) in [6.07, 6.45) is 0.148. The molecular weight excluding hydrogens is 280 g/mol. The quantitative estimate of drug-likeness (QED) is 0.673. The van der Waals surface area contributed by atoms with Crippen molar-refractivity contribution in [3.05, 3.63) is 0 Å². The van der Waals surface area contributed by atoms with Crippen molar-refractivity contribution in [2.75, 3.05) is 33.4 Å². The van der Waals surface area contributed by atoms with Gasteiger partial charge >= 0.3 is 18.0 Å². The van der Waals surface area contributed by atoms with E-state index >= 15 is 0 Å². The van der Waals surface area contributed by atoms with Gasteiger partial charge in [0.05, 0.1) is 32.2 Å². The molecule has 2 N–H and O–H groups in total. The minimum Gasteiger partial charge on any atom is -0.481 e. The largest absolute Gasteiger partial charge is 0.481 e. The molecule has 0 aromatic heterocycles. The van der Waals surface area contributed by atoms with E-state index in [4.69, 9.17) is 9.84 Å². The number of hydrogen-bond donors (Lipinski definition) is 2. The summed E-state index contributed by atoms with van der Waals surface area (Å²) in [6, 6.07) is -0.340. The van der Waals surface area contributed by atoms with Gasteiger partial charge in [0.1, 0.15) is 0 Å². The van der Waals surface area contributed by atoms with Gasteiger partial charge in [0.2, 0.25) is 0 Å². The number of carbonyl (C=O) groups excluding carboxylic acids is 2. The molecule has 1 aliphatic rings. The van der Waals surface area contributed by atoms with Crippen molar-refractivity contribution in [3.63, 3.8) is 0 Å². The van der Waals surface area contributed by atoms with E-state index in [2.05, 4.69) is 10.1 Å². The lowest BCUT2D eigenvalue weighted by Crippen LogP contribution is -2.51. The Balaban J connectivity index is 2.43. The van der Waals surface area contributed by atoms with Crippen LogP contribution < -0.4 is 5.32 Å². The summed E-state index contributed by atoms with van der Waals surface area (Å²) >= 11 is 0. The van der Waals surface area contributed by atoms with Gasteiger partial charge in [-0.2, -0.15) is 0 Å². The average molecular weight is 302 g/mol. The van der Waals surface area contributed by atoms with Gasteiger partial charge in [0.15, 0.2) is 0 Å².